The smallest absolute Gasteiger partial charge is 0.254 e. The highest BCUT2D eigenvalue weighted by Crippen LogP contribution is 2.19. The molecule has 1 fully saturated rings. The number of likely N-dealkylation sites (tertiary alicyclic amines) is 1. The van der Waals surface area contributed by atoms with Crippen molar-refractivity contribution >= 4 is 5.91 Å². The fourth-order valence-corrected chi connectivity index (χ4v) is 2.34. The Bertz CT molecular complexity index is 386. The number of carbonyl (C=O) groups is 1. The SMILES string of the molecule is Cc1cccc(C(=O)N2CCCCC2C)c1. The second-order valence-corrected chi connectivity index (χ2v) is 4.71. The lowest BCUT2D eigenvalue weighted by atomic mass is 10.0. The molecule has 0 bridgehead atoms. The molecule has 0 aromatic heterocycles. The maximum Gasteiger partial charge on any atom is 0.254 e. The topological polar surface area (TPSA) is 20.3 Å². The van der Waals surface area contributed by atoms with Crippen LogP contribution in [0.2, 0.25) is 0 Å². The zero-order chi connectivity index (χ0) is 11.5. The van der Waals surface area contributed by atoms with Crippen LogP contribution in [0, 0.1) is 6.92 Å². The van der Waals surface area contributed by atoms with Gasteiger partial charge in [0.1, 0.15) is 0 Å². The Kier molecular flexibility index (Phi) is 3.28. The number of hydrogen-bond acceptors (Lipinski definition) is 1. The van der Waals surface area contributed by atoms with Crippen LogP contribution in [0.5, 0.6) is 0 Å². The van der Waals surface area contributed by atoms with Crippen LogP contribution in [0.1, 0.15) is 42.1 Å². The minimum absolute atomic E-state index is 0.191. The normalized spacial score (nSPS) is 20.9. The molecular formula is C14H19NO. The van der Waals surface area contributed by atoms with Crippen LogP contribution < -0.4 is 0 Å². The molecule has 1 unspecified atom stereocenters. The molecule has 0 radical (unpaired) electrons. The predicted molar refractivity (Wildman–Crippen MR) is 65.5 cm³/mol. The van der Waals surface area contributed by atoms with Crippen molar-refractivity contribution < 1.29 is 4.79 Å². The number of benzene rings is 1. The molecule has 1 amide bonds. The zero-order valence-electron chi connectivity index (χ0n) is 10.1. The van der Waals surface area contributed by atoms with Crippen molar-refractivity contribution in [2.45, 2.75) is 39.2 Å². The van der Waals surface area contributed by atoms with E-state index in [0.29, 0.717) is 6.04 Å². The number of rotatable bonds is 1. The van der Waals surface area contributed by atoms with Crippen molar-refractivity contribution in [2.24, 2.45) is 0 Å². The van der Waals surface area contributed by atoms with Gasteiger partial charge in [0.2, 0.25) is 0 Å². The fourth-order valence-electron chi connectivity index (χ4n) is 2.34. The molecule has 1 aromatic carbocycles. The summed E-state index contributed by atoms with van der Waals surface area (Å²) in [4.78, 5) is 14.3. The van der Waals surface area contributed by atoms with Gasteiger partial charge in [0, 0.05) is 18.2 Å². The van der Waals surface area contributed by atoms with Crippen LogP contribution in [-0.4, -0.2) is 23.4 Å². The van der Waals surface area contributed by atoms with E-state index in [9.17, 15) is 4.79 Å². The van der Waals surface area contributed by atoms with E-state index in [-0.39, 0.29) is 5.91 Å². The second kappa shape index (κ2) is 4.69. The molecule has 2 heteroatoms. The van der Waals surface area contributed by atoms with Crippen molar-refractivity contribution in [2.75, 3.05) is 6.54 Å². The standard InChI is InChI=1S/C14H19NO/c1-11-6-5-8-13(10-11)14(16)15-9-4-3-7-12(15)2/h5-6,8,10,12H,3-4,7,9H2,1-2H3. The molecule has 16 heavy (non-hydrogen) atoms. The van der Waals surface area contributed by atoms with Crippen LogP contribution in [-0.2, 0) is 0 Å². The van der Waals surface area contributed by atoms with E-state index in [1.807, 2.05) is 36.1 Å². The minimum atomic E-state index is 0.191. The van der Waals surface area contributed by atoms with Crippen molar-refractivity contribution in [3.8, 4) is 0 Å². The lowest BCUT2D eigenvalue weighted by molar-refractivity contribution is 0.0635. The third-order valence-electron chi connectivity index (χ3n) is 3.33. The van der Waals surface area contributed by atoms with Gasteiger partial charge in [-0.15, -0.1) is 0 Å². The minimum Gasteiger partial charge on any atom is -0.336 e. The van der Waals surface area contributed by atoms with E-state index < -0.39 is 0 Å². The van der Waals surface area contributed by atoms with Crippen molar-refractivity contribution in [3.63, 3.8) is 0 Å². The number of nitrogens with zero attached hydrogens (tertiary/aromatic N) is 1. The van der Waals surface area contributed by atoms with Crippen LogP contribution in [0.25, 0.3) is 0 Å². The molecule has 0 spiro atoms. The molecule has 1 saturated heterocycles. The van der Waals surface area contributed by atoms with E-state index in [0.717, 1.165) is 30.5 Å². The van der Waals surface area contributed by atoms with Crippen molar-refractivity contribution in [3.05, 3.63) is 35.4 Å². The number of carbonyl (C=O) groups excluding carboxylic acids is 1. The van der Waals surface area contributed by atoms with E-state index in [1.54, 1.807) is 0 Å². The quantitative estimate of drug-likeness (QED) is 0.708. The van der Waals surface area contributed by atoms with Crippen molar-refractivity contribution in [1.29, 1.82) is 0 Å². The molecule has 1 atom stereocenters. The summed E-state index contributed by atoms with van der Waals surface area (Å²) in [5.41, 5.74) is 1.98. The monoisotopic (exact) mass is 217 g/mol. The Labute approximate surface area is 97.3 Å². The molecule has 1 aliphatic heterocycles. The predicted octanol–water partition coefficient (Wildman–Crippen LogP) is 3.01. The Balaban J connectivity index is 2.17. The molecule has 0 N–H and O–H groups in total. The summed E-state index contributed by atoms with van der Waals surface area (Å²) in [6.45, 7) is 5.08. The van der Waals surface area contributed by atoms with Gasteiger partial charge in [0.05, 0.1) is 0 Å². The molecule has 86 valence electrons. The summed E-state index contributed by atoms with van der Waals surface area (Å²) in [5, 5.41) is 0. The third-order valence-corrected chi connectivity index (χ3v) is 3.33. The lowest BCUT2D eigenvalue weighted by Crippen LogP contribution is -2.42. The van der Waals surface area contributed by atoms with Gasteiger partial charge in [0.15, 0.2) is 0 Å². The van der Waals surface area contributed by atoms with Gasteiger partial charge in [0.25, 0.3) is 5.91 Å². The number of aryl methyl sites for hydroxylation is 1. The highest BCUT2D eigenvalue weighted by molar-refractivity contribution is 5.94. The summed E-state index contributed by atoms with van der Waals surface area (Å²) in [7, 11) is 0. The average molecular weight is 217 g/mol. The van der Waals surface area contributed by atoms with Gasteiger partial charge in [-0.25, -0.2) is 0 Å². The average Bonchev–Trinajstić information content (AvgIpc) is 2.29. The zero-order valence-corrected chi connectivity index (χ0v) is 10.1. The Morgan fingerprint density at radius 3 is 2.88 bits per heavy atom. The fraction of sp³-hybridized carbons (Fsp3) is 0.500. The highest BCUT2D eigenvalue weighted by atomic mass is 16.2. The van der Waals surface area contributed by atoms with Gasteiger partial charge >= 0.3 is 0 Å². The van der Waals surface area contributed by atoms with Crippen LogP contribution in [0.4, 0.5) is 0 Å². The maximum absolute atomic E-state index is 12.3. The first kappa shape index (κ1) is 11.2. The van der Waals surface area contributed by atoms with Crippen LogP contribution in [0.15, 0.2) is 24.3 Å². The summed E-state index contributed by atoms with van der Waals surface area (Å²) in [5.74, 6) is 0.191. The Morgan fingerprint density at radius 2 is 2.19 bits per heavy atom. The number of piperidine rings is 1. The van der Waals surface area contributed by atoms with Gasteiger partial charge < -0.3 is 4.90 Å². The van der Waals surface area contributed by atoms with Gasteiger partial charge in [-0.1, -0.05) is 17.7 Å². The molecule has 0 aliphatic carbocycles. The van der Waals surface area contributed by atoms with Gasteiger partial charge in [-0.3, -0.25) is 4.79 Å². The number of hydrogen-bond donors (Lipinski definition) is 0. The first-order chi connectivity index (χ1) is 7.68. The van der Waals surface area contributed by atoms with E-state index in [1.165, 1.54) is 6.42 Å². The summed E-state index contributed by atoms with van der Waals surface area (Å²) in [6.07, 6.45) is 3.53. The van der Waals surface area contributed by atoms with Crippen molar-refractivity contribution in [1.82, 2.24) is 4.90 Å². The molecule has 1 aromatic rings. The van der Waals surface area contributed by atoms with E-state index in [4.69, 9.17) is 0 Å². The Morgan fingerprint density at radius 1 is 1.38 bits per heavy atom. The Hall–Kier alpha value is -1.31. The van der Waals surface area contributed by atoms with E-state index in [2.05, 4.69) is 6.92 Å². The summed E-state index contributed by atoms with van der Waals surface area (Å²) < 4.78 is 0. The lowest BCUT2D eigenvalue weighted by Gasteiger charge is -2.33. The second-order valence-electron chi connectivity index (χ2n) is 4.71. The van der Waals surface area contributed by atoms with Gasteiger partial charge in [-0.2, -0.15) is 0 Å². The third kappa shape index (κ3) is 2.26. The van der Waals surface area contributed by atoms with E-state index >= 15 is 0 Å². The first-order valence-corrected chi connectivity index (χ1v) is 6.06. The summed E-state index contributed by atoms with van der Waals surface area (Å²) >= 11 is 0. The first-order valence-electron chi connectivity index (χ1n) is 6.06. The highest BCUT2D eigenvalue weighted by Gasteiger charge is 2.23. The molecular weight excluding hydrogens is 198 g/mol. The van der Waals surface area contributed by atoms with Crippen LogP contribution >= 0.6 is 0 Å². The largest absolute Gasteiger partial charge is 0.336 e. The molecule has 2 nitrogen and oxygen atoms in total. The van der Waals surface area contributed by atoms with Gasteiger partial charge in [-0.05, 0) is 45.2 Å². The maximum atomic E-state index is 12.3. The summed E-state index contributed by atoms with van der Waals surface area (Å²) in [6, 6.07) is 8.26. The number of amides is 1. The molecule has 0 saturated carbocycles. The molecule has 1 aliphatic rings. The molecule has 1 heterocycles. The molecule has 2 rings (SSSR count). The van der Waals surface area contributed by atoms with Crippen LogP contribution in [0.3, 0.4) is 0 Å².